The van der Waals surface area contributed by atoms with Gasteiger partial charge in [-0.3, -0.25) is 9.59 Å². The second kappa shape index (κ2) is 5.49. The van der Waals surface area contributed by atoms with Crippen LogP contribution in [0.15, 0.2) is 0 Å². The van der Waals surface area contributed by atoms with Crippen molar-refractivity contribution in [2.24, 2.45) is 5.41 Å². The van der Waals surface area contributed by atoms with E-state index >= 15 is 0 Å². The number of nitrogens with one attached hydrogen (secondary N) is 2. The summed E-state index contributed by atoms with van der Waals surface area (Å²) >= 11 is 11.8. The minimum atomic E-state index is -0.989. The highest BCUT2D eigenvalue weighted by Crippen LogP contribution is 2.63. The summed E-state index contributed by atoms with van der Waals surface area (Å²) in [5.41, 5.74) is -0.763. The molecule has 0 heterocycles. The van der Waals surface area contributed by atoms with Crippen molar-refractivity contribution in [1.82, 2.24) is 10.6 Å². The molecule has 0 spiro atoms. The van der Waals surface area contributed by atoms with E-state index in [1.807, 2.05) is 0 Å². The number of halogens is 2. The van der Waals surface area contributed by atoms with Gasteiger partial charge in [0.1, 0.15) is 4.33 Å². The van der Waals surface area contributed by atoms with E-state index < -0.39 is 9.75 Å². The fourth-order valence-electron chi connectivity index (χ4n) is 2.53. The molecule has 4 nitrogen and oxygen atoms in total. The first-order valence-corrected chi connectivity index (χ1v) is 7.56. The van der Waals surface area contributed by atoms with Crippen LogP contribution in [0.2, 0.25) is 0 Å². The number of hydrogen-bond donors (Lipinski definition) is 2. The van der Waals surface area contributed by atoms with Crippen molar-refractivity contribution in [1.29, 1.82) is 0 Å². The van der Waals surface area contributed by atoms with Crippen molar-refractivity contribution in [2.45, 2.75) is 55.8 Å². The molecule has 0 aromatic heterocycles. The Labute approximate surface area is 123 Å². The molecule has 0 unspecified atom stereocenters. The normalized spacial score (nSPS) is 29.6. The van der Waals surface area contributed by atoms with Crippen LogP contribution in [0.5, 0.6) is 0 Å². The molecule has 0 bridgehead atoms. The fraction of sp³-hybridized carbons (Fsp3) is 0.846. The van der Waals surface area contributed by atoms with E-state index in [0.29, 0.717) is 6.42 Å². The third-order valence-electron chi connectivity index (χ3n) is 4.14. The van der Waals surface area contributed by atoms with Crippen molar-refractivity contribution < 1.29 is 9.59 Å². The molecule has 0 saturated heterocycles. The van der Waals surface area contributed by atoms with E-state index in [-0.39, 0.29) is 24.4 Å². The number of hydrogen-bond acceptors (Lipinski definition) is 2. The fourth-order valence-corrected chi connectivity index (χ4v) is 3.23. The Morgan fingerprint density at radius 2 is 1.79 bits per heavy atom. The lowest BCUT2D eigenvalue weighted by Crippen LogP contribution is -2.44. The van der Waals surface area contributed by atoms with Crippen LogP contribution in [0.1, 0.15) is 45.4 Å². The predicted molar refractivity (Wildman–Crippen MR) is 75.2 cm³/mol. The third kappa shape index (κ3) is 3.34. The van der Waals surface area contributed by atoms with Crippen molar-refractivity contribution in [3.05, 3.63) is 0 Å². The number of alkyl halides is 2. The Hall–Kier alpha value is -0.480. The number of amides is 2. The van der Waals surface area contributed by atoms with Crippen molar-refractivity contribution in [3.63, 3.8) is 0 Å². The van der Waals surface area contributed by atoms with Gasteiger partial charge in [-0.15, -0.1) is 23.2 Å². The number of carbonyl (C=O) groups is 2. The Balaban J connectivity index is 1.70. The maximum Gasteiger partial charge on any atom is 0.239 e. The summed E-state index contributed by atoms with van der Waals surface area (Å²) in [5, 5.41) is 5.56. The third-order valence-corrected chi connectivity index (χ3v) is 5.24. The smallest absolute Gasteiger partial charge is 0.239 e. The SMILES string of the molecule is C[C@]1(C(=O)NCC(=O)NC2CCCCC2)CC1(Cl)Cl. The minimum Gasteiger partial charge on any atom is -0.352 e. The molecule has 2 fully saturated rings. The Morgan fingerprint density at radius 3 is 2.32 bits per heavy atom. The highest BCUT2D eigenvalue weighted by atomic mass is 35.5. The summed E-state index contributed by atoms with van der Waals surface area (Å²) in [6.45, 7) is 1.70. The largest absolute Gasteiger partial charge is 0.352 e. The molecule has 2 N–H and O–H groups in total. The Morgan fingerprint density at radius 1 is 1.21 bits per heavy atom. The van der Waals surface area contributed by atoms with Crippen LogP contribution in [0.25, 0.3) is 0 Å². The van der Waals surface area contributed by atoms with E-state index in [4.69, 9.17) is 23.2 Å². The highest BCUT2D eigenvalue weighted by Gasteiger charge is 2.67. The van der Waals surface area contributed by atoms with Gasteiger partial charge < -0.3 is 10.6 Å². The van der Waals surface area contributed by atoms with Crippen molar-refractivity contribution >= 4 is 35.0 Å². The highest BCUT2D eigenvalue weighted by molar-refractivity contribution is 6.53. The molecule has 2 rings (SSSR count). The van der Waals surface area contributed by atoms with Crippen LogP contribution < -0.4 is 10.6 Å². The van der Waals surface area contributed by atoms with Gasteiger partial charge in [0.05, 0.1) is 12.0 Å². The average molecular weight is 307 g/mol. The quantitative estimate of drug-likeness (QED) is 0.782. The summed E-state index contributed by atoms with van der Waals surface area (Å²) in [5.74, 6) is -0.393. The van der Waals surface area contributed by atoms with E-state index in [2.05, 4.69) is 10.6 Å². The number of rotatable bonds is 4. The molecular weight excluding hydrogens is 287 g/mol. The molecule has 0 aliphatic heterocycles. The first-order chi connectivity index (χ1) is 8.85. The van der Waals surface area contributed by atoms with Gasteiger partial charge >= 0.3 is 0 Å². The summed E-state index contributed by atoms with van der Waals surface area (Å²) in [6.07, 6.45) is 6.06. The van der Waals surface area contributed by atoms with Gasteiger partial charge in [0.25, 0.3) is 0 Å². The van der Waals surface area contributed by atoms with Crippen LogP contribution in [0.4, 0.5) is 0 Å². The molecule has 0 aromatic carbocycles. The first kappa shape index (κ1) is 14.9. The molecular formula is C13H20Cl2N2O2. The van der Waals surface area contributed by atoms with Crippen LogP contribution in [0.3, 0.4) is 0 Å². The summed E-state index contributed by atoms with van der Waals surface area (Å²) in [7, 11) is 0. The molecule has 6 heteroatoms. The maximum absolute atomic E-state index is 11.9. The van der Waals surface area contributed by atoms with Crippen LogP contribution in [0, 0.1) is 5.41 Å². The molecule has 2 saturated carbocycles. The van der Waals surface area contributed by atoms with E-state index in [0.717, 1.165) is 25.7 Å². The molecule has 0 aromatic rings. The molecule has 2 aliphatic rings. The lowest BCUT2D eigenvalue weighted by molar-refractivity contribution is -0.129. The topological polar surface area (TPSA) is 58.2 Å². The lowest BCUT2D eigenvalue weighted by Gasteiger charge is -2.23. The molecule has 2 amide bonds. The molecule has 108 valence electrons. The van der Waals surface area contributed by atoms with Crippen molar-refractivity contribution in [3.8, 4) is 0 Å². The van der Waals surface area contributed by atoms with E-state index in [1.54, 1.807) is 6.92 Å². The average Bonchev–Trinajstić information content (AvgIpc) is 2.88. The van der Waals surface area contributed by atoms with Gasteiger partial charge in [0.2, 0.25) is 11.8 Å². The maximum atomic E-state index is 11.9. The zero-order valence-corrected chi connectivity index (χ0v) is 12.6. The second-order valence-corrected chi connectivity index (χ2v) is 7.28. The molecule has 0 radical (unpaired) electrons. The first-order valence-electron chi connectivity index (χ1n) is 6.81. The molecule has 1 atom stereocenters. The number of carbonyl (C=O) groups excluding carboxylic acids is 2. The van der Waals surface area contributed by atoms with Gasteiger partial charge in [-0.05, 0) is 26.2 Å². The summed E-state index contributed by atoms with van der Waals surface area (Å²) in [4.78, 5) is 23.6. The van der Waals surface area contributed by atoms with E-state index in [1.165, 1.54) is 6.42 Å². The van der Waals surface area contributed by atoms with Gasteiger partial charge in [0, 0.05) is 6.04 Å². The molecule has 2 aliphatic carbocycles. The lowest BCUT2D eigenvalue weighted by atomic mass is 9.95. The Bertz CT molecular complexity index is 381. The van der Waals surface area contributed by atoms with Crippen LogP contribution >= 0.6 is 23.2 Å². The summed E-state index contributed by atoms with van der Waals surface area (Å²) < 4.78 is -0.989. The summed E-state index contributed by atoms with van der Waals surface area (Å²) in [6, 6.07) is 0.259. The zero-order chi connectivity index (χ0) is 14.1. The second-order valence-electron chi connectivity index (χ2n) is 5.80. The predicted octanol–water partition coefficient (Wildman–Crippen LogP) is 2.14. The van der Waals surface area contributed by atoms with Gasteiger partial charge in [-0.1, -0.05) is 19.3 Å². The zero-order valence-electron chi connectivity index (χ0n) is 11.1. The Kier molecular flexibility index (Phi) is 4.31. The standard InChI is InChI=1S/C13H20Cl2N2O2/c1-12(8-13(12,14)15)11(19)16-7-10(18)17-9-5-3-2-4-6-9/h9H,2-8H2,1H3,(H,16,19)(H,17,18)/t12-/m1/s1. The van der Waals surface area contributed by atoms with Gasteiger partial charge in [-0.25, -0.2) is 0 Å². The van der Waals surface area contributed by atoms with Crippen LogP contribution in [-0.2, 0) is 9.59 Å². The van der Waals surface area contributed by atoms with E-state index in [9.17, 15) is 9.59 Å². The van der Waals surface area contributed by atoms with Crippen LogP contribution in [-0.4, -0.2) is 28.7 Å². The minimum absolute atomic E-state index is 0.00518. The van der Waals surface area contributed by atoms with Crippen molar-refractivity contribution in [2.75, 3.05) is 6.54 Å². The van der Waals surface area contributed by atoms with Gasteiger partial charge in [-0.2, -0.15) is 0 Å². The molecule has 19 heavy (non-hydrogen) atoms. The van der Waals surface area contributed by atoms with Gasteiger partial charge in [0.15, 0.2) is 0 Å². The monoisotopic (exact) mass is 306 g/mol.